The Kier molecular flexibility index (Phi) is 8.82. The van der Waals surface area contributed by atoms with Gasteiger partial charge in [-0.1, -0.05) is 13.8 Å². The van der Waals surface area contributed by atoms with Crippen LogP contribution in [0.3, 0.4) is 0 Å². The summed E-state index contributed by atoms with van der Waals surface area (Å²) in [4.78, 5) is 1.37. The largest absolute Gasteiger partial charge is 0.312 e. The van der Waals surface area contributed by atoms with E-state index in [1.165, 1.54) is 11.3 Å². The fraction of sp³-hybridized carbons (Fsp3) is 0.692. The number of sulfonamides is 1. The minimum atomic E-state index is -3.46. The molecule has 0 spiro atoms. The van der Waals surface area contributed by atoms with Crippen molar-refractivity contribution in [3.63, 3.8) is 0 Å². The topological polar surface area (TPSA) is 58.2 Å². The van der Waals surface area contributed by atoms with Gasteiger partial charge in [0.25, 0.3) is 0 Å². The first kappa shape index (κ1) is 19.4. The molecule has 0 bridgehead atoms. The predicted octanol–water partition coefficient (Wildman–Crippen LogP) is 3.43. The Morgan fingerprint density at radius 3 is 2.71 bits per heavy atom. The normalized spacial score (nSPS) is 13.5. The van der Waals surface area contributed by atoms with Crippen molar-refractivity contribution < 1.29 is 8.42 Å². The molecule has 8 heteroatoms. The van der Waals surface area contributed by atoms with Gasteiger partial charge in [0.15, 0.2) is 0 Å². The van der Waals surface area contributed by atoms with Crippen molar-refractivity contribution in [2.24, 2.45) is 0 Å². The second-order valence-electron chi connectivity index (χ2n) is 4.71. The number of nitrogens with one attached hydrogen (secondary N) is 2. The van der Waals surface area contributed by atoms with Crippen LogP contribution in [-0.2, 0) is 16.6 Å². The molecule has 4 nitrogen and oxygen atoms in total. The molecule has 0 aliphatic heterocycles. The second kappa shape index (κ2) is 9.52. The summed E-state index contributed by atoms with van der Waals surface area (Å²) >= 11 is 6.50. The van der Waals surface area contributed by atoms with Crippen LogP contribution >= 0.6 is 39.0 Å². The van der Waals surface area contributed by atoms with E-state index < -0.39 is 10.0 Å². The number of hydrogen-bond donors (Lipinski definition) is 2. The Morgan fingerprint density at radius 2 is 2.14 bits per heavy atom. The van der Waals surface area contributed by atoms with E-state index in [2.05, 4.69) is 32.9 Å². The Bertz CT molecular complexity index is 532. The maximum atomic E-state index is 12.5. The molecule has 0 amide bonds. The van der Waals surface area contributed by atoms with Crippen LogP contribution in [0.4, 0.5) is 0 Å². The zero-order valence-corrected chi connectivity index (χ0v) is 16.6. The summed E-state index contributed by atoms with van der Waals surface area (Å²) in [5.41, 5.74) is 0. The van der Waals surface area contributed by atoms with Crippen LogP contribution in [0.5, 0.6) is 0 Å². The zero-order chi connectivity index (χ0) is 15.9. The standard InChI is InChI=1S/C13H23BrN2O2S3/c1-4-6-15-8-11-7-12(13(14)20-11)21(17,18)16-10(5-2)9-19-3/h7,10,15-16H,4-6,8-9H2,1-3H3. The summed E-state index contributed by atoms with van der Waals surface area (Å²) in [5.74, 6) is 0.780. The van der Waals surface area contributed by atoms with Crippen LogP contribution in [0.2, 0.25) is 0 Å². The van der Waals surface area contributed by atoms with Crippen molar-refractivity contribution in [3.05, 3.63) is 14.7 Å². The third-order valence-electron chi connectivity index (χ3n) is 2.90. The van der Waals surface area contributed by atoms with E-state index in [0.717, 1.165) is 30.0 Å². The summed E-state index contributed by atoms with van der Waals surface area (Å²) in [7, 11) is -3.46. The highest BCUT2D eigenvalue weighted by molar-refractivity contribution is 9.11. The summed E-state index contributed by atoms with van der Waals surface area (Å²) in [6.45, 7) is 5.73. The van der Waals surface area contributed by atoms with Gasteiger partial charge in [0.1, 0.15) is 4.90 Å². The molecule has 1 unspecified atom stereocenters. The SMILES string of the molecule is CCCNCc1cc(S(=O)(=O)NC(CC)CSC)c(Br)s1. The lowest BCUT2D eigenvalue weighted by Crippen LogP contribution is -2.36. The number of thioether (sulfide) groups is 1. The molecule has 1 aromatic rings. The highest BCUT2D eigenvalue weighted by Crippen LogP contribution is 2.31. The van der Waals surface area contributed by atoms with Crippen LogP contribution in [-0.4, -0.2) is 33.0 Å². The molecule has 0 aromatic carbocycles. The highest BCUT2D eigenvalue weighted by atomic mass is 79.9. The Balaban J connectivity index is 2.82. The molecule has 2 N–H and O–H groups in total. The second-order valence-corrected chi connectivity index (χ2v) is 9.76. The third kappa shape index (κ3) is 6.19. The zero-order valence-electron chi connectivity index (χ0n) is 12.6. The van der Waals surface area contributed by atoms with Gasteiger partial charge in [-0.2, -0.15) is 11.8 Å². The molecular weight excluding hydrogens is 392 g/mol. The number of halogens is 1. The van der Waals surface area contributed by atoms with E-state index in [-0.39, 0.29) is 6.04 Å². The minimum Gasteiger partial charge on any atom is -0.312 e. The van der Waals surface area contributed by atoms with E-state index in [9.17, 15) is 8.42 Å². The first-order valence-corrected chi connectivity index (χ1v) is 11.4. The van der Waals surface area contributed by atoms with Crippen molar-refractivity contribution in [1.82, 2.24) is 10.0 Å². The molecule has 0 aliphatic carbocycles. The molecule has 1 aromatic heterocycles. The molecule has 0 aliphatic rings. The van der Waals surface area contributed by atoms with E-state index in [4.69, 9.17) is 0 Å². The molecule has 0 saturated carbocycles. The first-order valence-electron chi connectivity index (χ1n) is 6.94. The highest BCUT2D eigenvalue weighted by Gasteiger charge is 2.23. The quantitative estimate of drug-likeness (QED) is 0.575. The van der Waals surface area contributed by atoms with Crippen LogP contribution in [0.15, 0.2) is 14.7 Å². The van der Waals surface area contributed by atoms with E-state index >= 15 is 0 Å². The molecule has 0 fully saturated rings. The van der Waals surface area contributed by atoms with Crippen molar-refractivity contribution in [2.45, 2.75) is 44.2 Å². The average molecular weight is 415 g/mol. The van der Waals surface area contributed by atoms with Gasteiger partial charge >= 0.3 is 0 Å². The van der Waals surface area contributed by atoms with Crippen molar-refractivity contribution >= 4 is 49.1 Å². The van der Waals surface area contributed by atoms with E-state index in [1.54, 1.807) is 17.8 Å². The maximum Gasteiger partial charge on any atom is 0.242 e. The molecule has 21 heavy (non-hydrogen) atoms. The lowest BCUT2D eigenvalue weighted by Gasteiger charge is -2.15. The van der Waals surface area contributed by atoms with Crippen LogP contribution in [0, 0.1) is 0 Å². The van der Waals surface area contributed by atoms with Gasteiger partial charge in [-0.25, -0.2) is 13.1 Å². The van der Waals surface area contributed by atoms with E-state index in [0.29, 0.717) is 15.2 Å². The first-order chi connectivity index (χ1) is 9.94. The average Bonchev–Trinajstić information content (AvgIpc) is 2.80. The van der Waals surface area contributed by atoms with Crippen molar-refractivity contribution in [2.75, 3.05) is 18.6 Å². The number of rotatable bonds is 10. The Labute approximate surface area is 144 Å². The van der Waals surface area contributed by atoms with Crippen LogP contribution in [0.1, 0.15) is 31.6 Å². The van der Waals surface area contributed by atoms with Gasteiger partial charge in [0.05, 0.1) is 3.79 Å². The molecule has 1 heterocycles. The lowest BCUT2D eigenvalue weighted by molar-refractivity contribution is 0.558. The molecule has 0 saturated heterocycles. The van der Waals surface area contributed by atoms with Gasteiger partial charge < -0.3 is 5.32 Å². The minimum absolute atomic E-state index is 0.0292. The van der Waals surface area contributed by atoms with Gasteiger partial charge in [-0.05, 0) is 47.6 Å². The van der Waals surface area contributed by atoms with Crippen LogP contribution < -0.4 is 10.0 Å². The predicted molar refractivity (Wildman–Crippen MR) is 96.8 cm³/mol. The van der Waals surface area contributed by atoms with Gasteiger partial charge in [0, 0.05) is 23.2 Å². The summed E-state index contributed by atoms with van der Waals surface area (Å²) in [5, 5.41) is 3.29. The molecule has 1 atom stereocenters. The van der Waals surface area contributed by atoms with Crippen LogP contribution in [0.25, 0.3) is 0 Å². The van der Waals surface area contributed by atoms with Crippen molar-refractivity contribution in [1.29, 1.82) is 0 Å². The number of hydrogen-bond acceptors (Lipinski definition) is 5. The monoisotopic (exact) mass is 414 g/mol. The fourth-order valence-electron chi connectivity index (χ4n) is 1.78. The summed E-state index contributed by atoms with van der Waals surface area (Å²) in [6, 6.07) is 1.73. The van der Waals surface area contributed by atoms with E-state index in [1.807, 2.05) is 13.2 Å². The van der Waals surface area contributed by atoms with Gasteiger partial charge in [-0.15, -0.1) is 11.3 Å². The lowest BCUT2D eigenvalue weighted by atomic mass is 10.3. The molecule has 0 radical (unpaired) electrons. The maximum absolute atomic E-state index is 12.5. The molecule has 1 rings (SSSR count). The molecular formula is C13H23BrN2O2S3. The molecule has 122 valence electrons. The van der Waals surface area contributed by atoms with Gasteiger partial charge in [-0.3, -0.25) is 0 Å². The third-order valence-corrected chi connectivity index (χ3v) is 7.41. The fourth-order valence-corrected chi connectivity index (χ4v) is 6.57. The Morgan fingerprint density at radius 1 is 1.43 bits per heavy atom. The van der Waals surface area contributed by atoms with Gasteiger partial charge in [0.2, 0.25) is 10.0 Å². The smallest absolute Gasteiger partial charge is 0.242 e. The number of thiophene rings is 1. The summed E-state index contributed by atoms with van der Waals surface area (Å²) < 4.78 is 28.4. The Hall–Kier alpha value is 0.400. The van der Waals surface area contributed by atoms with Crippen molar-refractivity contribution in [3.8, 4) is 0 Å². The summed E-state index contributed by atoms with van der Waals surface area (Å²) in [6.07, 6.45) is 3.83.